The third-order valence-corrected chi connectivity index (χ3v) is 7.47. The Hall–Kier alpha value is 0.280. The second kappa shape index (κ2) is 3.78. The summed E-state index contributed by atoms with van der Waals surface area (Å²) in [6.07, 6.45) is 6.60. The molecule has 108 valence electrons. The van der Waals surface area contributed by atoms with E-state index >= 15 is 0 Å². The van der Waals surface area contributed by atoms with Gasteiger partial charge in [-0.2, -0.15) is 0 Å². The molecule has 6 heteroatoms. The van der Waals surface area contributed by atoms with Crippen LogP contribution in [0.1, 0.15) is 0 Å². The molecule has 3 aliphatic carbocycles. The maximum absolute atomic E-state index is 6.08. The van der Waals surface area contributed by atoms with Gasteiger partial charge in [0, 0.05) is 17.8 Å². The van der Waals surface area contributed by atoms with Crippen LogP contribution in [0.3, 0.4) is 0 Å². The van der Waals surface area contributed by atoms with Gasteiger partial charge in [-0.05, 0) is 0 Å². The van der Waals surface area contributed by atoms with Gasteiger partial charge in [0.05, 0.1) is 30.9 Å². The first-order chi connectivity index (χ1) is 9.64. The molecule has 0 aromatic rings. The van der Waals surface area contributed by atoms with Crippen molar-refractivity contribution in [3.05, 3.63) is 22.7 Å². The van der Waals surface area contributed by atoms with Crippen LogP contribution in [0.5, 0.6) is 0 Å². The van der Waals surface area contributed by atoms with Gasteiger partial charge >= 0.3 is 0 Å². The van der Waals surface area contributed by atoms with Gasteiger partial charge in [0.25, 0.3) is 0 Å². The lowest BCUT2D eigenvalue weighted by Gasteiger charge is -2.36. The van der Waals surface area contributed by atoms with E-state index in [-0.39, 0.29) is 22.1 Å². The SMILES string of the molecule is BrC1=C[C@@H]2[C@@H]([C@H]3C=C[C@]2(Br)C32OCCO2)C12OCCO2. The lowest BCUT2D eigenvalue weighted by Crippen LogP contribution is -2.48. The van der Waals surface area contributed by atoms with Crippen LogP contribution >= 0.6 is 31.9 Å². The number of alkyl halides is 1. The van der Waals surface area contributed by atoms with E-state index in [2.05, 4.69) is 50.1 Å². The lowest BCUT2D eigenvalue weighted by molar-refractivity contribution is -0.205. The van der Waals surface area contributed by atoms with Crippen molar-refractivity contribution in [1.29, 1.82) is 0 Å². The maximum Gasteiger partial charge on any atom is 0.205 e. The van der Waals surface area contributed by atoms with Crippen LogP contribution in [0.15, 0.2) is 22.7 Å². The third kappa shape index (κ3) is 1.14. The molecule has 2 saturated heterocycles. The Morgan fingerprint density at radius 1 is 1.00 bits per heavy atom. The summed E-state index contributed by atoms with van der Waals surface area (Å²) in [5, 5.41) is 0. The molecule has 0 unspecified atom stereocenters. The van der Waals surface area contributed by atoms with Gasteiger partial charge in [0.1, 0.15) is 4.32 Å². The van der Waals surface area contributed by atoms with Crippen molar-refractivity contribution in [2.45, 2.75) is 15.9 Å². The molecule has 5 aliphatic rings. The minimum absolute atomic E-state index is 0.138. The number of allylic oxidation sites excluding steroid dienone is 1. The van der Waals surface area contributed by atoms with Crippen molar-refractivity contribution in [3.8, 4) is 0 Å². The van der Waals surface area contributed by atoms with Crippen molar-refractivity contribution in [1.82, 2.24) is 0 Å². The highest BCUT2D eigenvalue weighted by atomic mass is 79.9. The largest absolute Gasteiger partial charge is 0.345 e. The molecule has 2 spiro atoms. The Bertz CT molecular complexity index is 533. The summed E-state index contributed by atoms with van der Waals surface area (Å²) in [6, 6.07) is 0. The van der Waals surface area contributed by atoms with Crippen LogP contribution in [0.2, 0.25) is 0 Å². The third-order valence-electron chi connectivity index (χ3n) is 5.31. The molecule has 1 saturated carbocycles. The highest BCUT2D eigenvalue weighted by Crippen LogP contribution is 2.71. The molecule has 0 amide bonds. The van der Waals surface area contributed by atoms with Crippen molar-refractivity contribution >= 4 is 31.9 Å². The summed E-state index contributed by atoms with van der Waals surface area (Å²) in [5.41, 5.74) is 0. The Balaban J connectivity index is 1.68. The lowest BCUT2D eigenvalue weighted by atomic mass is 9.82. The fraction of sp³-hybridized carbons (Fsp3) is 0.714. The smallest absolute Gasteiger partial charge is 0.205 e. The second-order valence-corrected chi connectivity index (χ2v) is 8.11. The molecule has 3 fully saturated rings. The fourth-order valence-electron chi connectivity index (χ4n) is 4.66. The number of fused-ring (bicyclic) bond motifs is 4. The summed E-state index contributed by atoms with van der Waals surface area (Å²) in [7, 11) is 0. The van der Waals surface area contributed by atoms with Crippen LogP contribution < -0.4 is 0 Å². The standard InChI is InChI=1S/C14H14Br2O4/c15-10-7-9-11(13(10)17-3-4-18-13)8-1-2-12(9,16)14(8)19-5-6-20-14/h1-2,7-9,11H,3-6H2/t8-,9-,11-,12-/m1/s1. The zero-order chi connectivity index (χ0) is 13.6. The van der Waals surface area contributed by atoms with E-state index in [1.54, 1.807) is 0 Å². The van der Waals surface area contributed by atoms with Crippen LogP contribution in [0.25, 0.3) is 0 Å². The first-order valence-corrected chi connectivity index (χ1v) is 8.55. The van der Waals surface area contributed by atoms with Crippen LogP contribution in [0, 0.1) is 17.8 Å². The minimum Gasteiger partial charge on any atom is -0.345 e. The first kappa shape index (κ1) is 12.8. The molecule has 2 aliphatic heterocycles. The monoisotopic (exact) mass is 404 g/mol. The topological polar surface area (TPSA) is 36.9 Å². The molecule has 2 heterocycles. The molecule has 0 aromatic carbocycles. The highest BCUT2D eigenvalue weighted by molar-refractivity contribution is 9.11. The average molecular weight is 406 g/mol. The van der Waals surface area contributed by atoms with E-state index < -0.39 is 11.6 Å². The molecule has 0 N–H and O–H groups in total. The number of rotatable bonds is 0. The molecule has 0 radical (unpaired) electrons. The first-order valence-electron chi connectivity index (χ1n) is 6.96. The minimum atomic E-state index is -0.655. The molecule has 4 nitrogen and oxygen atoms in total. The van der Waals surface area contributed by atoms with Crippen molar-refractivity contribution < 1.29 is 18.9 Å². The van der Waals surface area contributed by atoms with E-state index in [0.717, 1.165) is 4.48 Å². The zero-order valence-corrected chi connectivity index (χ0v) is 13.9. The molecule has 2 bridgehead atoms. The normalized spacial score (nSPS) is 49.5. The van der Waals surface area contributed by atoms with Crippen LogP contribution in [-0.4, -0.2) is 42.3 Å². The van der Waals surface area contributed by atoms with Gasteiger partial charge in [0.2, 0.25) is 5.79 Å². The zero-order valence-electron chi connectivity index (χ0n) is 10.7. The van der Waals surface area contributed by atoms with E-state index in [1.807, 2.05) is 0 Å². The number of ether oxygens (including phenoxy) is 4. The Labute approximate surface area is 133 Å². The number of hydrogen-bond acceptors (Lipinski definition) is 4. The summed E-state index contributed by atoms with van der Waals surface area (Å²) in [6.45, 7) is 2.55. The Morgan fingerprint density at radius 3 is 2.35 bits per heavy atom. The van der Waals surface area contributed by atoms with Gasteiger partial charge in [0.15, 0.2) is 5.79 Å². The number of hydrogen-bond donors (Lipinski definition) is 0. The quantitative estimate of drug-likeness (QED) is 0.458. The molecule has 0 aromatic heterocycles. The predicted octanol–water partition coefficient (Wildman–Crippen LogP) is 2.33. The van der Waals surface area contributed by atoms with Gasteiger partial charge in [-0.1, -0.05) is 50.1 Å². The van der Waals surface area contributed by atoms with Crippen LogP contribution in [-0.2, 0) is 18.9 Å². The molecular weight excluding hydrogens is 392 g/mol. The predicted molar refractivity (Wildman–Crippen MR) is 77.5 cm³/mol. The van der Waals surface area contributed by atoms with Gasteiger partial charge in [-0.15, -0.1) is 0 Å². The Morgan fingerprint density at radius 2 is 1.65 bits per heavy atom. The van der Waals surface area contributed by atoms with Crippen molar-refractivity contribution in [2.75, 3.05) is 26.4 Å². The second-order valence-electron chi connectivity index (χ2n) is 5.95. The summed E-state index contributed by atoms with van der Waals surface area (Å²) in [5.74, 6) is -0.698. The van der Waals surface area contributed by atoms with Crippen molar-refractivity contribution in [3.63, 3.8) is 0 Å². The molecule has 20 heavy (non-hydrogen) atoms. The van der Waals surface area contributed by atoms with E-state index in [1.165, 1.54) is 0 Å². The van der Waals surface area contributed by atoms with Crippen molar-refractivity contribution in [2.24, 2.45) is 17.8 Å². The Kier molecular flexibility index (Phi) is 2.42. The maximum atomic E-state index is 6.08. The summed E-state index contributed by atoms with van der Waals surface area (Å²) in [4.78, 5) is 0. The molecular formula is C14H14Br2O4. The summed E-state index contributed by atoms with van der Waals surface area (Å²) < 4.78 is 24.9. The average Bonchev–Trinajstić information content (AvgIpc) is 3.20. The van der Waals surface area contributed by atoms with E-state index in [9.17, 15) is 0 Å². The van der Waals surface area contributed by atoms with Crippen LogP contribution in [0.4, 0.5) is 0 Å². The van der Waals surface area contributed by atoms with Gasteiger partial charge in [-0.3, -0.25) is 0 Å². The number of halogens is 2. The molecule has 5 rings (SSSR count). The highest BCUT2D eigenvalue weighted by Gasteiger charge is 2.79. The van der Waals surface area contributed by atoms with Gasteiger partial charge < -0.3 is 18.9 Å². The van der Waals surface area contributed by atoms with E-state index in [0.29, 0.717) is 26.4 Å². The fourth-order valence-corrected chi connectivity index (χ4v) is 6.50. The molecule has 4 atom stereocenters. The van der Waals surface area contributed by atoms with Gasteiger partial charge in [-0.25, -0.2) is 0 Å². The van der Waals surface area contributed by atoms with E-state index in [4.69, 9.17) is 18.9 Å². The summed E-state index contributed by atoms with van der Waals surface area (Å²) >= 11 is 7.58.